The van der Waals surface area contributed by atoms with Gasteiger partial charge in [0.1, 0.15) is 17.2 Å². The summed E-state index contributed by atoms with van der Waals surface area (Å²) in [5, 5.41) is 9.49. The SMILES string of the molecule is OCCc1cc(-c2ccc(F)cc2)nc2c(F)cc(F)cc12. The fourth-order valence-electron chi connectivity index (χ4n) is 2.42. The van der Waals surface area contributed by atoms with Crippen molar-refractivity contribution in [3.63, 3.8) is 0 Å². The van der Waals surface area contributed by atoms with Crippen LogP contribution in [0.5, 0.6) is 0 Å². The number of hydrogen-bond acceptors (Lipinski definition) is 2. The molecule has 3 aromatic rings. The number of rotatable bonds is 3. The molecule has 0 amide bonds. The fourth-order valence-corrected chi connectivity index (χ4v) is 2.42. The topological polar surface area (TPSA) is 33.1 Å². The molecule has 0 saturated carbocycles. The zero-order chi connectivity index (χ0) is 15.7. The molecule has 112 valence electrons. The van der Waals surface area contributed by atoms with Crippen LogP contribution in [0.3, 0.4) is 0 Å². The Balaban J connectivity index is 2.26. The average Bonchev–Trinajstić information content (AvgIpc) is 2.49. The second-order valence-corrected chi connectivity index (χ2v) is 4.93. The van der Waals surface area contributed by atoms with Crippen LogP contribution in [-0.4, -0.2) is 16.7 Å². The third-order valence-electron chi connectivity index (χ3n) is 3.44. The van der Waals surface area contributed by atoms with E-state index in [1.165, 1.54) is 30.3 Å². The Morgan fingerprint density at radius 3 is 2.32 bits per heavy atom. The molecule has 1 aromatic heterocycles. The summed E-state index contributed by atoms with van der Waals surface area (Å²) < 4.78 is 40.4. The van der Waals surface area contributed by atoms with Gasteiger partial charge >= 0.3 is 0 Å². The number of aliphatic hydroxyl groups is 1. The largest absolute Gasteiger partial charge is 0.396 e. The van der Waals surface area contributed by atoms with Crippen molar-refractivity contribution in [2.45, 2.75) is 6.42 Å². The Labute approximate surface area is 124 Å². The van der Waals surface area contributed by atoms with E-state index >= 15 is 0 Å². The predicted molar refractivity (Wildman–Crippen MR) is 77.8 cm³/mol. The molecule has 0 aliphatic rings. The van der Waals surface area contributed by atoms with Gasteiger partial charge in [0.2, 0.25) is 0 Å². The van der Waals surface area contributed by atoms with Crippen LogP contribution in [-0.2, 0) is 6.42 Å². The minimum absolute atomic E-state index is 0.0340. The molecule has 2 nitrogen and oxygen atoms in total. The molecule has 0 fully saturated rings. The summed E-state index contributed by atoms with van der Waals surface area (Å²) in [4.78, 5) is 4.21. The maximum absolute atomic E-state index is 14.0. The van der Waals surface area contributed by atoms with E-state index in [4.69, 9.17) is 5.11 Å². The van der Waals surface area contributed by atoms with Gasteiger partial charge in [0.25, 0.3) is 0 Å². The molecular weight excluding hydrogens is 291 g/mol. The van der Waals surface area contributed by atoms with Crippen LogP contribution in [0, 0.1) is 17.5 Å². The van der Waals surface area contributed by atoms with Crippen LogP contribution in [0.2, 0.25) is 0 Å². The molecule has 0 aliphatic heterocycles. The van der Waals surface area contributed by atoms with E-state index < -0.39 is 11.6 Å². The third kappa shape index (κ3) is 2.67. The van der Waals surface area contributed by atoms with E-state index in [1.807, 2.05) is 0 Å². The van der Waals surface area contributed by atoms with Gasteiger partial charge in [-0.15, -0.1) is 0 Å². The van der Waals surface area contributed by atoms with Crippen molar-refractivity contribution in [3.05, 3.63) is 65.5 Å². The van der Waals surface area contributed by atoms with E-state index in [0.717, 1.165) is 6.07 Å². The standard InChI is InChI=1S/C17H12F3NO/c18-12-3-1-10(2-4-12)16-7-11(5-6-22)14-8-13(19)9-15(20)17(14)21-16/h1-4,7-9,22H,5-6H2. The number of benzene rings is 2. The number of pyridine rings is 1. The van der Waals surface area contributed by atoms with Crippen molar-refractivity contribution in [1.82, 2.24) is 4.98 Å². The highest BCUT2D eigenvalue weighted by molar-refractivity contribution is 5.85. The van der Waals surface area contributed by atoms with E-state index in [-0.39, 0.29) is 24.4 Å². The first-order chi connectivity index (χ1) is 10.6. The van der Waals surface area contributed by atoms with Crippen LogP contribution >= 0.6 is 0 Å². The summed E-state index contributed by atoms with van der Waals surface area (Å²) in [7, 11) is 0. The van der Waals surface area contributed by atoms with Crippen molar-refractivity contribution >= 4 is 10.9 Å². The highest BCUT2D eigenvalue weighted by atomic mass is 19.1. The number of aliphatic hydroxyl groups excluding tert-OH is 1. The summed E-state index contributed by atoms with van der Waals surface area (Å²) >= 11 is 0. The Kier molecular flexibility index (Phi) is 3.81. The summed E-state index contributed by atoms with van der Waals surface area (Å²) in [6.45, 7) is -0.153. The lowest BCUT2D eigenvalue weighted by atomic mass is 10.0. The van der Waals surface area contributed by atoms with Crippen molar-refractivity contribution in [2.75, 3.05) is 6.61 Å². The molecule has 0 saturated heterocycles. The molecule has 0 radical (unpaired) electrons. The van der Waals surface area contributed by atoms with Gasteiger partial charge in [-0.2, -0.15) is 0 Å². The molecule has 1 N–H and O–H groups in total. The number of nitrogens with zero attached hydrogens (tertiary/aromatic N) is 1. The van der Waals surface area contributed by atoms with Crippen LogP contribution in [0.4, 0.5) is 13.2 Å². The Bertz CT molecular complexity index is 831. The van der Waals surface area contributed by atoms with Gasteiger partial charge in [0.05, 0.1) is 5.69 Å². The smallest absolute Gasteiger partial charge is 0.152 e. The van der Waals surface area contributed by atoms with Crippen molar-refractivity contribution in [2.24, 2.45) is 0 Å². The number of aromatic nitrogens is 1. The average molecular weight is 303 g/mol. The lowest BCUT2D eigenvalue weighted by Gasteiger charge is -2.10. The lowest BCUT2D eigenvalue weighted by molar-refractivity contribution is 0.300. The van der Waals surface area contributed by atoms with Gasteiger partial charge in [-0.1, -0.05) is 0 Å². The van der Waals surface area contributed by atoms with Gasteiger partial charge in [0, 0.05) is 23.6 Å². The molecule has 22 heavy (non-hydrogen) atoms. The Morgan fingerprint density at radius 2 is 1.64 bits per heavy atom. The van der Waals surface area contributed by atoms with Crippen LogP contribution in [0.15, 0.2) is 42.5 Å². The first-order valence-electron chi connectivity index (χ1n) is 6.74. The van der Waals surface area contributed by atoms with E-state index in [2.05, 4.69) is 4.98 Å². The molecule has 0 atom stereocenters. The molecular formula is C17H12F3NO. The molecule has 0 bridgehead atoms. The summed E-state index contributed by atoms with van der Waals surface area (Å²) in [5.74, 6) is -1.84. The second-order valence-electron chi connectivity index (χ2n) is 4.93. The molecule has 5 heteroatoms. The van der Waals surface area contributed by atoms with Crippen LogP contribution < -0.4 is 0 Å². The number of fused-ring (bicyclic) bond motifs is 1. The van der Waals surface area contributed by atoms with Crippen LogP contribution in [0.25, 0.3) is 22.2 Å². The third-order valence-corrected chi connectivity index (χ3v) is 3.44. The zero-order valence-corrected chi connectivity index (χ0v) is 11.5. The molecule has 0 aliphatic carbocycles. The van der Waals surface area contributed by atoms with Gasteiger partial charge in [0.15, 0.2) is 5.82 Å². The Hall–Kier alpha value is -2.40. The quantitative estimate of drug-likeness (QED) is 0.797. The normalized spacial score (nSPS) is 11.1. The van der Waals surface area contributed by atoms with Gasteiger partial charge in [-0.05, 0) is 48.4 Å². The second kappa shape index (κ2) is 5.77. The van der Waals surface area contributed by atoms with Crippen LogP contribution in [0.1, 0.15) is 5.56 Å². The summed E-state index contributed by atoms with van der Waals surface area (Å²) in [6, 6.07) is 9.27. The fraction of sp³-hybridized carbons (Fsp3) is 0.118. The van der Waals surface area contributed by atoms with E-state index in [1.54, 1.807) is 6.07 Å². The molecule has 1 heterocycles. The minimum atomic E-state index is -0.766. The summed E-state index contributed by atoms with van der Waals surface area (Å²) in [6.07, 6.45) is 0.246. The van der Waals surface area contributed by atoms with Crippen molar-refractivity contribution < 1.29 is 18.3 Å². The van der Waals surface area contributed by atoms with E-state index in [0.29, 0.717) is 22.2 Å². The molecule has 3 rings (SSSR count). The maximum Gasteiger partial charge on any atom is 0.152 e. The first kappa shape index (κ1) is 14.5. The number of halogens is 3. The highest BCUT2D eigenvalue weighted by Gasteiger charge is 2.12. The first-order valence-corrected chi connectivity index (χ1v) is 6.74. The number of hydrogen-bond donors (Lipinski definition) is 1. The highest BCUT2D eigenvalue weighted by Crippen LogP contribution is 2.27. The van der Waals surface area contributed by atoms with E-state index in [9.17, 15) is 13.2 Å². The summed E-state index contributed by atoms with van der Waals surface area (Å²) in [5.41, 5.74) is 1.68. The molecule has 0 spiro atoms. The monoisotopic (exact) mass is 303 g/mol. The molecule has 2 aromatic carbocycles. The maximum atomic E-state index is 14.0. The van der Waals surface area contributed by atoms with Gasteiger partial charge in [-0.3, -0.25) is 0 Å². The van der Waals surface area contributed by atoms with Crippen molar-refractivity contribution in [1.29, 1.82) is 0 Å². The minimum Gasteiger partial charge on any atom is -0.396 e. The molecule has 0 unspecified atom stereocenters. The van der Waals surface area contributed by atoms with Gasteiger partial charge < -0.3 is 5.11 Å². The Morgan fingerprint density at radius 1 is 0.909 bits per heavy atom. The predicted octanol–water partition coefficient (Wildman–Crippen LogP) is 3.85. The zero-order valence-electron chi connectivity index (χ0n) is 11.5. The lowest BCUT2D eigenvalue weighted by Crippen LogP contribution is -1.98. The van der Waals surface area contributed by atoms with Crippen molar-refractivity contribution in [3.8, 4) is 11.3 Å². The van der Waals surface area contributed by atoms with Gasteiger partial charge in [-0.25, -0.2) is 18.2 Å².